The molecule has 2 aromatic rings. The van der Waals surface area contributed by atoms with Crippen LogP contribution in [0.1, 0.15) is 10.4 Å². The van der Waals surface area contributed by atoms with Crippen molar-refractivity contribution in [2.75, 3.05) is 19.5 Å². The van der Waals surface area contributed by atoms with Gasteiger partial charge in [0.15, 0.2) is 0 Å². The van der Waals surface area contributed by atoms with E-state index < -0.39 is 5.97 Å². The number of aromatic nitrogens is 1. The van der Waals surface area contributed by atoms with Crippen LogP contribution in [0.25, 0.3) is 10.9 Å². The van der Waals surface area contributed by atoms with Gasteiger partial charge in [0.25, 0.3) is 0 Å². The Balaban J connectivity index is 2.81. The number of ether oxygens (including phenoxy) is 1. The lowest BCUT2D eigenvalue weighted by molar-refractivity contribution is 0.0601. The van der Waals surface area contributed by atoms with E-state index in [-0.39, 0.29) is 5.82 Å². The highest BCUT2D eigenvalue weighted by molar-refractivity contribution is 14.1. The summed E-state index contributed by atoms with van der Waals surface area (Å²) in [5.74, 6) is -0.809. The molecule has 0 aliphatic carbocycles. The van der Waals surface area contributed by atoms with Crippen molar-refractivity contribution in [3.8, 4) is 0 Å². The first-order valence-corrected chi connectivity index (χ1v) is 6.20. The SMILES string of the molecule is CNc1c(C(=O)OC)cnc2c(I)c(F)ccc12. The average molecular weight is 360 g/mol. The van der Waals surface area contributed by atoms with Crippen LogP contribution in [0.15, 0.2) is 18.3 Å². The first-order valence-electron chi connectivity index (χ1n) is 5.13. The molecule has 4 nitrogen and oxygen atoms in total. The van der Waals surface area contributed by atoms with Gasteiger partial charge in [0, 0.05) is 18.6 Å². The summed E-state index contributed by atoms with van der Waals surface area (Å²) in [6.07, 6.45) is 1.39. The fraction of sp³-hybridized carbons (Fsp3) is 0.167. The van der Waals surface area contributed by atoms with Gasteiger partial charge in [-0.15, -0.1) is 0 Å². The van der Waals surface area contributed by atoms with E-state index in [9.17, 15) is 9.18 Å². The van der Waals surface area contributed by atoms with E-state index in [1.54, 1.807) is 13.1 Å². The zero-order chi connectivity index (χ0) is 13.3. The molecule has 1 heterocycles. The van der Waals surface area contributed by atoms with Crippen LogP contribution in [0.2, 0.25) is 0 Å². The van der Waals surface area contributed by atoms with Crippen LogP contribution in [-0.2, 0) is 4.74 Å². The van der Waals surface area contributed by atoms with Gasteiger partial charge in [-0.05, 0) is 34.7 Å². The highest BCUT2D eigenvalue weighted by Crippen LogP contribution is 2.30. The number of carbonyl (C=O) groups excluding carboxylic acids is 1. The van der Waals surface area contributed by atoms with Gasteiger partial charge in [-0.1, -0.05) is 0 Å². The van der Waals surface area contributed by atoms with E-state index in [0.717, 1.165) is 0 Å². The molecule has 0 aliphatic rings. The molecule has 0 aliphatic heterocycles. The van der Waals surface area contributed by atoms with Crippen molar-refractivity contribution in [2.45, 2.75) is 0 Å². The quantitative estimate of drug-likeness (QED) is 0.661. The number of rotatable bonds is 2. The van der Waals surface area contributed by atoms with Crippen molar-refractivity contribution in [3.05, 3.63) is 33.3 Å². The van der Waals surface area contributed by atoms with Crippen LogP contribution in [0.5, 0.6) is 0 Å². The molecule has 0 unspecified atom stereocenters. The highest BCUT2D eigenvalue weighted by Gasteiger charge is 2.17. The molecule has 0 atom stereocenters. The molecule has 6 heteroatoms. The lowest BCUT2D eigenvalue weighted by Crippen LogP contribution is -2.07. The van der Waals surface area contributed by atoms with Crippen molar-refractivity contribution >= 4 is 45.2 Å². The maximum absolute atomic E-state index is 13.5. The fourth-order valence-corrected chi connectivity index (χ4v) is 2.35. The standard InChI is InChI=1S/C12H10FIN2O2/c1-15-10-6-3-4-8(13)9(14)11(6)16-5-7(10)12(17)18-2/h3-5H,1-2H3,(H,15,16). The number of carbonyl (C=O) groups is 1. The van der Waals surface area contributed by atoms with E-state index in [1.165, 1.54) is 19.4 Å². The Labute approximate surface area is 117 Å². The summed E-state index contributed by atoms with van der Waals surface area (Å²) in [5, 5.41) is 3.62. The van der Waals surface area contributed by atoms with Crippen molar-refractivity contribution < 1.29 is 13.9 Å². The predicted octanol–water partition coefficient (Wildman–Crippen LogP) is 2.81. The average Bonchev–Trinajstić information content (AvgIpc) is 2.40. The Hall–Kier alpha value is -1.44. The summed E-state index contributed by atoms with van der Waals surface area (Å²) in [4.78, 5) is 15.7. The minimum Gasteiger partial charge on any atom is -0.465 e. The van der Waals surface area contributed by atoms with Crippen molar-refractivity contribution in [3.63, 3.8) is 0 Å². The third-order valence-corrected chi connectivity index (χ3v) is 3.61. The van der Waals surface area contributed by atoms with Crippen LogP contribution < -0.4 is 5.32 Å². The third-order valence-electron chi connectivity index (χ3n) is 2.59. The largest absolute Gasteiger partial charge is 0.465 e. The van der Waals surface area contributed by atoms with Crippen LogP contribution >= 0.6 is 22.6 Å². The Morgan fingerprint density at radius 2 is 2.22 bits per heavy atom. The summed E-state index contributed by atoms with van der Waals surface area (Å²) < 4.78 is 18.6. The van der Waals surface area contributed by atoms with E-state index in [0.29, 0.717) is 25.7 Å². The Morgan fingerprint density at radius 3 is 2.83 bits per heavy atom. The van der Waals surface area contributed by atoms with Crippen molar-refractivity contribution in [1.82, 2.24) is 4.98 Å². The van der Waals surface area contributed by atoms with Crippen LogP contribution in [0.4, 0.5) is 10.1 Å². The van der Waals surface area contributed by atoms with E-state index >= 15 is 0 Å². The Bertz CT molecular complexity index is 631. The number of pyridine rings is 1. The Morgan fingerprint density at radius 1 is 1.50 bits per heavy atom. The highest BCUT2D eigenvalue weighted by atomic mass is 127. The summed E-state index contributed by atoms with van der Waals surface area (Å²) in [6, 6.07) is 2.95. The number of nitrogens with zero attached hydrogens (tertiary/aromatic N) is 1. The molecule has 0 amide bonds. The number of nitrogens with one attached hydrogen (secondary N) is 1. The second-order valence-electron chi connectivity index (χ2n) is 3.55. The van der Waals surface area contributed by atoms with Gasteiger partial charge in [0.2, 0.25) is 0 Å². The number of halogens is 2. The molecule has 0 saturated carbocycles. The first kappa shape index (κ1) is 13.0. The first-order chi connectivity index (χ1) is 8.60. The molecule has 1 aromatic heterocycles. The molecule has 0 saturated heterocycles. The number of hydrogen-bond donors (Lipinski definition) is 1. The van der Waals surface area contributed by atoms with Crippen LogP contribution in [0, 0.1) is 9.39 Å². The maximum Gasteiger partial charge on any atom is 0.341 e. The molecule has 18 heavy (non-hydrogen) atoms. The maximum atomic E-state index is 13.5. The number of fused-ring (bicyclic) bond motifs is 1. The van der Waals surface area contributed by atoms with Gasteiger partial charge in [-0.3, -0.25) is 4.98 Å². The van der Waals surface area contributed by atoms with E-state index in [4.69, 9.17) is 0 Å². The van der Waals surface area contributed by atoms with Gasteiger partial charge in [0.05, 0.1) is 21.9 Å². The minimum atomic E-state index is -0.479. The van der Waals surface area contributed by atoms with E-state index in [2.05, 4.69) is 15.0 Å². The fourth-order valence-electron chi connectivity index (χ4n) is 1.74. The smallest absolute Gasteiger partial charge is 0.341 e. The molecule has 2 rings (SSSR count). The number of esters is 1. The van der Waals surface area contributed by atoms with Crippen LogP contribution in [0.3, 0.4) is 0 Å². The van der Waals surface area contributed by atoms with Crippen molar-refractivity contribution in [1.29, 1.82) is 0 Å². The van der Waals surface area contributed by atoms with E-state index in [1.807, 2.05) is 22.6 Å². The van der Waals surface area contributed by atoms with Gasteiger partial charge in [0.1, 0.15) is 11.4 Å². The van der Waals surface area contributed by atoms with Gasteiger partial charge in [-0.25, -0.2) is 9.18 Å². The third kappa shape index (κ3) is 2.00. The lowest BCUT2D eigenvalue weighted by atomic mass is 10.1. The zero-order valence-corrected chi connectivity index (χ0v) is 11.9. The molecule has 94 valence electrons. The number of methoxy groups -OCH3 is 1. The summed E-state index contributed by atoms with van der Waals surface area (Å²) in [7, 11) is 3.00. The summed E-state index contributed by atoms with van der Waals surface area (Å²) in [6.45, 7) is 0. The van der Waals surface area contributed by atoms with Gasteiger partial charge < -0.3 is 10.1 Å². The molecule has 1 N–H and O–H groups in total. The molecule has 1 aromatic carbocycles. The molecular weight excluding hydrogens is 350 g/mol. The zero-order valence-electron chi connectivity index (χ0n) is 9.75. The second kappa shape index (κ2) is 5.05. The normalized spacial score (nSPS) is 10.4. The number of anilines is 1. The topological polar surface area (TPSA) is 51.2 Å². The lowest BCUT2D eigenvalue weighted by Gasteiger charge is -2.11. The second-order valence-corrected chi connectivity index (χ2v) is 4.62. The predicted molar refractivity (Wildman–Crippen MR) is 75.3 cm³/mol. The summed E-state index contributed by atoms with van der Waals surface area (Å²) in [5.41, 5.74) is 1.44. The Kier molecular flexibility index (Phi) is 3.65. The monoisotopic (exact) mass is 360 g/mol. The van der Waals surface area contributed by atoms with Gasteiger partial charge >= 0.3 is 5.97 Å². The molecular formula is C12H10FIN2O2. The van der Waals surface area contributed by atoms with Gasteiger partial charge in [-0.2, -0.15) is 0 Å². The molecule has 0 radical (unpaired) electrons. The number of benzene rings is 1. The number of hydrogen-bond acceptors (Lipinski definition) is 4. The molecule has 0 spiro atoms. The molecule has 0 fully saturated rings. The molecule has 0 bridgehead atoms. The van der Waals surface area contributed by atoms with Crippen LogP contribution in [-0.4, -0.2) is 25.1 Å². The van der Waals surface area contributed by atoms with Crippen molar-refractivity contribution in [2.24, 2.45) is 0 Å². The summed E-state index contributed by atoms with van der Waals surface area (Å²) >= 11 is 1.89. The minimum absolute atomic E-state index is 0.329.